The average molecular weight is 244 g/mol. The Kier molecular flexibility index (Phi) is 7.16. The van der Waals surface area contributed by atoms with E-state index in [1.807, 2.05) is 0 Å². The van der Waals surface area contributed by atoms with E-state index >= 15 is 0 Å². The van der Waals surface area contributed by atoms with Gasteiger partial charge in [0, 0.05) is 25.8 Å². The number of amides is 1. The van der Waals surface area contributed by atoms with Crippen molar-refractivity contribution < 1.29 is 14.3 Å². The molecule has 2 unspecified atom stereocenters. The molecule has 1 rings (SSSR count). The Morgan fingerprint density at radius 3 is 2.82 bits per heavy atom. The zero-order valence-corrected chi connectivity index (χ0v) is 10.6. The minimum absolute atomic E-state index is 0.00329. The maximum atomic E-state index is 11.7. The van der Waals surface area contributed by atoms with E-state index in [-0.39, 0.29) is 17.9 Å². The lowest BCUT2D eigenvalue weighted by atomic mass is 10.0. The van der Waals surface area contributed by atoms with Gasteiger partial charge in [0.2, 0.25) is 5.91 Å². The molecule has 5 nitrogen and oxygen atoms in total. The molecule has 0 bridgehead atoms. The van der Waals surface area contributed by atoms with Gasteiger partial charge >= 0.3 is 0 Å². The zero-order valence-electron chi connectivity index (χ0n) is 10.6. The topological polar surface area (TPSA) is 73.6 Å². The predicted octanol–water partition coefficient (Wildman–Crippen LogP) is 0.283. The van der Waals surface area contributed by atoms with Crippen LogP contribution in [0.1, 0.15) is 26.2 Å². The quantitative estimate of drug-likeness (QED) is 0.602. The van der Waals surface area contributed by atoms with Gasteiger partial charge < -0.3 is 20.5 Å². The SMILES string of the molecule is CCCCOCCCNC(=O)C1COCC1N. The molecule has 1 aliphatic rings. The lowest BCUT2D eigenvalue weighted by molar-refractivity contribution is -0.125. The first-order valence-electron chi connectivity index (χ1n) is 6.44. The van der Waals surface area contributed by atoms with Crippen LogP contribution in [0.25, 0.3) is 0 Å². The van der Waals surface area contributed by atoms with Crippen molar-refractivity contribution in [2.45, 2.75) is 32.2 Å². The molecular formula is C12H24N2O3. The molecule has 1 fully saturated rings. The van der Waals surface area contributed by atoms with Gasteiger partial charge in [-0.25, -0.2) is 0 Å². The third-order valence-corrected chi connectivity index (χ3v) is 2.87. The van der Waals surface area contributed by atoms with E-state index in [1.54, 1.807) is 0 Å². The van der Waals surface area contributed by atoms with Crippen molar-refractivity contribution in [3.8, 4) is 0 Å². The van der Waals surface area contributed by atoms with E-state index in [0.29, 0.717) is 26.4 Å². The second-order valence-corrected chi connectivity index (χ2v) is 4.42. The zero-order chi connectivity index (χ0) is 12.5. The summed E-state index contributed by atoms with van der Waals surface area (Å²) in [4.78, 5) is 11.7. The number of unbranched alkanes of at least 4 members (excludes halogenated alkanes) is 1. The molecule has 0 aliphatic carbocycles. The molecule has 0 spiro atoms. The van der Waals surface area contributed by atoms with Crippen LogP contribution in [-0.2, 0) is 14.3 Å². The summed E-state index contributed by atoms with van der Waals surface area (Å²) in [5, 5.41) is 2.87. The van der Waals surface area contributed by atoms with E-state index < -0.39 is 0 Å². The summed E-state index contributed by atoms with van der Waals surface area (Å²) in [5.41, 5.74) is 5.75. The predicted molar refractivity (Wildman–Crippen MR) is 65.6 cm³/mol. The molecule has 100 valence electrons. The minimum atomic E-state index is -0.184. The van der Waals surface area contributed by atoms with Crippen molar-refractivity contribution in [1.82, 2.24) is 5.32 Å². The van der Waals surface area contributed by atoms with Crippen molar-refractivity contribution in [1.29, 1.82) is 0 Å². The van der Waals surface area contributed by atoms with E-state index in [1.165, 1.54) is 0 Å². The van der Waals surface area contributed by atoms with E-state index in [0.717, 1.165) is 25.9 Å². The molecule has 3 N–H and O–H groups in total. The third-order valence-electron chi connectivity index (χ3n) is 2.87. The minimum Gasteiger partial charge on any atom is -0.381 e. The van der Waals surface area contributed by atoms with Crippen LogP contribution < -0.4 is 11.1 Å². The van der Waals surface area contributed by atoms with Gasteiger partial charge in [0.05, 0.1) is 19.1 Å². The van der Waals surface area contributed by atoms with E-state index in [9.17, 15) is 4.79 Å². The number of hydrogen-bond acceptors (Lipinski definition) is 4. The van der Waals surface area contributed by atoms with Crippen LogP contribution >= 0.6 is 0 Å². The molecule has 0 radical (unpaired) electrons. The van der Waals surface area contributed by atoms with Gasteiger partial charge in [0.1, 0.15) is 0 Å². The first kappa shape index (κ1) is 14.4. The van der Waals surface area contributed by atoms with Gasteiger partial charge in [-0.1, -0.05) is 13.3 Å². The highest BCUT2D eigenvalue weighted by molar-refractivity contribution is 5.79. The second-order valence-electron chi connectivity index (χ2n) is 4.42. The van der Waals surface area contributed by atoms with Crippen LogP contribution in [0.2, 0.25) is 0 Å². The van der Waals surface area contributed by atoms with Crippen LogP contribution in [0.15, 0.2) is 0 Å². The fourth-order valence-electron chi connectivity index (χ4n) is 1.71. The lowest BCUT2D eigenvalue weighted by Crippen LogP contribution is -2.41. The summed E-state index contributed by atoms with van der Waals surface area (Å²) >= 11 is 0. The summed E-state index contributed by atoms with van der Waals surface area (Å²) in [7, 11) is 0. The number of hydrogen-bond donors (Lipinski definition) is 2. The average Bonchev–Trinajstić information content (AvgIpc) is 2.74. The first-order chi connectivity index (χ1) is 8.25. The summed E-state index contributed by atoms with van der Waals surface area (Å²) in [5.74, 6) is -0.181. The summed E-state index contributed by atoms with van der Waals surface area (Å²) in [6.45, 7) is 5.22. The van der Waals surface area contributed by atoms with Crippen LogP contribution in [0.4, 0.5) is 0 Å². The van der Waals surface area contributed by atoms with E-state index in [4.69, 9.17) is 15.2 Å². The molecule has 1 heterocycles. The smallest absolute Gasteiger partial charge is 0.227 e. The number of nitrogens with two attached hydrogens (primary N) is 1. The fourth-order valence-corrected chi connectivity index (χ4v) is 1.71. The highest BCUT2D eigenvalue weighted by atomic mass is 16.5. The van der Waals surface area contributed by atoms with Gasteiger partial charge in [-0.05, 0) is 12.8 Å². The molecule has 1 saturated heterocycles. The molecule has 1 aliphatic heterocycles. The van der Waals surface area contributed by atoms with Gasteiger partial charge in [-0.15, -0.1) is 0 Å². The van der Waals surface area contributed by atoms with Crippen molar-refractivity contribution in [2.75, 3.05) is 33.0 Å². The van der Waals surface area contributed by atoms with E-state index in [2.05, 4.69) is 12.2 Å². The summed E-state index contributed by atoms with van der Waals surface area (Å²) < 4.78 is 10.6. The molecule has 0 aromatic carbocycles. The lowest BCUT2D eigenvalue weighted by Gasteiger charge is -2.13. The van der Waals surface area contributed by atoms with Crippen molar-refractivity contribution in [3.05, 3.63) is 0 Å². The molecule has 0 aromatic heterocycles. The molecule has 2 atom stereocenters. The van der Waals surface area contributed by atoms with Crippen molar-refractivity contribution in [3.63, 3.8) is 0 Å². The van der Waals surface area contributed by atoms with Crippen LogP contribution in [0.3, 0.4) is 0 Å². The Morgan fingerprint density at radius 1 is 1.41 bits per heavy atom. The number of carbonyl (C=O) groups excluding carboxylic acids is 1. The van der Waals surface area contributed by atoms with Gasteiger partial charge in [-0.2, -0.15) is 0 Å². The van der Waals surface area contributed by atoms with Crippen LogP contribution in [0.5, 0.6) is 0 Å². The summed E-state index contributed by atoms with van der Waals surface area (Å²) in [6.07, 6.45) is 3.09. The normalized spacial score (nSPS) is 23.9. The Bertz CT molecular complexity index is 224. The highest BCUT2D eigenvalue weighted by Crippen LogP contribution is 2.11. The first-order valence-corrected chi connectivity index (χ1v) is 6.44. The third kappa shape index (κ3) is 5.48. The van der Waals surface area contributed by atoms with Crippen molar-refractivity contribution >= 4 is 5.91 Å². The Hall–Kier alpha value is -0.650. The van der Waals surface area contributed by atoms with Crippen LogP contribution in [-0.4, -0.2) is 44.9 Å². The van der Waals surface area contributed by atoms with Crippen LogP contribution in [0, 0.1) is 5.92 Å². The molecule has 0 aromatic rings. The molecule has 1 amide bonds. The maximum absolute atomic E-state index is 11.7. The highest BCUT2D eigenvalue weighted by Gasteiger charge is 2.30. The number of ether oxygens (including phenoxy) is 2. The molecule has 5 heteroatoms. The van der Waals surface area contributed by atoms with Gasteiger partial charge in [-0.3, -0.25) is 4.79 Å². The maximum Gasteiger partial charge on any atom is 0.227 e. The van der Waals surface area contributed by atoms with Gasteiger partial charge in [0.25, 0.3) is 0 Å². The number of rotatable bonds is 8. The second kappa shape index (κ2) is 8.44. The standard InChI is InChI=1S/C12H24N2O3/c1-2-3-6-16-7-4-5-14-12(15)10-8-17-9-11(10)13/h10-11H,2-9,13H2,1H3,(H,14,15). The Morgan fingerprint density at radius 2 is 2.18 bits per heavy atom. The Labute approximate surface area is 103 Å². The Balaban J connectivity index is 1.97. The molecular weight excluding hydrogens is 220 g/mol. The van der Waals surface area contributed by atoms with Crippen molar-refractivity contribution in [2.24, 2.45) is 11.7 Å². The fraction of sp³-hybridized carbons (Fsp3) is 0.917. The van der Waals surface area contributed by atoms with Gasteiger partial charge in [0.15, 0.2) is 0 Å². The largest absolute Gasteiger partial charge is 0.381 e. The monoisotopic (exact) mass is 244 g/mol. The molecule has 0 saturated carbocycles. The molecule has 17 heavy (non-hydrogen) atoms. The number of nitrogens with one attached hydrogen (secondary N) is 1. The number of carbonyl (C=O) groups is 1. The summed E-state index contributed by atoms with van der Waals surface area (Å²) in [6, 6.07) is -0.157.